The number of hydrogen-bond donors (Lipinski definition) is 1. The van der Waals surface area contributed by atoms with Gasteiger partial charge in [0, 0.05) is 18.6 Å². The van der Waals surface area contributed by atoms with Gasteiger partial charge in [-0.25, -0.2) is 0 Å². The van der Waals surface area contributed by atoms with Crippen LogP contribution in [0.1, 0.15) is 42.5 Å². The van der Waals surface area contributed by atoms with E-state index in [1.807, 2.05) is 0 Å². The monoisotopic (exact) mass is 246 g/mol. The summed E-state index contributed by atoms with van der Waals surface area (Å²) in [6.07, 6.45) is 2.70. The third-order valence-corrected chi connectivity index (χ3v) is 4.27. The van der Waals surface area contributed by atoms with Crippen LogP contribution in [0.5, 0.6) is 0 Å². The Balaban J connectivity index is 2.14. The van der Waals surface area contributed by atoms with Gasteiger partial charge in [-0.2, -0.15) is 0 Å². The summed E-state index contributed by atoms with van der Waals surface area (Å²) in [5.41, 5.74) is 4.20. The van der Waals surface area contributed by atoms with E-state index in [1.165, 1.54) is 36.1 Å². The van der Waals surface area contributed by atoms with Crippen LogP contribution in [-0.2, 0) is 0 Å². The second kappa shape index (κ2) is 5.85. The lowest BCUT2D eigenvalue weighted by Crippen LogP contribution is -2.36. The van der Waals surface area contributed by atoms with Gasteiger partial charge in [-0.05, 0) is 58.3 Å². The van der Waals surface area contributed by atoms with Gasteiger partial charge in [-0.15, -0.1) is 0 Å². The lowest BCUT2D eigenvalue weighted by Gasteiger charge is -2.28. The van der Waals surface area contributed by atoms with Crippen molar-refractivity contribution in [2.24, 2.45) is 0 Å². The minimum atomic E-state index is 0.449. The van der Waals surface area contributed by atoms with Crippen LogP contribution in [0, 0.1) is 13.8 Å². The summed E-state index contributed by atoms with van der Waals surface area (Å²) in [7, 11) is 2.08. The molecule has 0 radical (unpaired) electrons. The molecule has 1 fully saturated rings. The molecule has 1 aliphatic heterocycles. The Morgan fingerprint density at radius 3 is 2.78 bits per heavy atom. The van der Waals surface area contributed by atoms with Gasteiger partial charge in [0.2, 0.25) is 0 Å². The third-order valence-electron chi connectivity index (χ3n) is 4.27. The van der Waals surface area contributed by atoms with Gasteiger partial charge in [0.05, 0.1) is 0 Å². The molecule has 0 aromatic heterocycles. The Kier molecular flexibility index (Phi) is 4.41. The molecule has 0 bridgehead atoms. The second-order valence-electron chi connectivity index (χ2n) is 5.69. The number of likely N-dealkylation sites (N-methyl/N-ethyl adjacent to an activating group) is 1. The second-order valence-corrected chi connectivity index (χ2v) is 5.69. The van der Waals surface area contributed by atoms with E-state index in [2.05, 4.69) is 56.2 Å². The first-order valence-electron chi connectivity index (χ1n) is 7.10. The molecule has 0 amide bonds. The highest BCUT2D eigenvalue weighted by Gasteiger charge is 2.24. The quantitative estimate of drug-likeness (QED) is 0.878. The van der Waals surface area contributed by atoms with E-state index in [-0.39, 0.29) is 0 Å². The molecule has 2 rings (SSSR count). The Morgan fingerprint density at radius 1 is 1.39 bits per heavy atom. The first kappa shape index (κ1) is 13.6. The zero-order valence-electron chi connectivity index (χ0n) is 12.2. The summed E-state index contributed by atoms with van der Waals surface area (Å²) in [6.45, 7) is 9.12. The molecular formula is C16H26N2. The van der Waals surface area contributed by atoms with Crippen molar-refractivity contribution in [2.45, 2.75) is 45.7 Å². The molecule has 0 aliphatic carbocycles. The number of likely N-dealkylation sites (tertiary alicyclic amines) is 1. The van der Waals surface area contributed by atoms with Crippen LogP contribution in [0.3, 0.4) is 0 Å². The largest absolute Gasteiger partial charge is 0.312 e. The van der Waals surface area contributed by atoms with Gasteiger partial charge in [0.15, 0.2) is 0 Å². The Morgan fingerprint density at radius 2 is 2.17 bits per heavy atom. The summed E-state index contributed by atoms with van der Waals surface area (Å²) in [5, 5.41) is 3.49. The van der Waals surface area contributed by atoms with Crippen molar-refractivity contribution < 1.29 is 0 Å². The zero-order chi connectivity index (χ0) is 13.1. The molecule has 1 saturated heterocycles. The average Bonchev–Trinajstić information content (AvgIpc) is 2.75. The van der Waals surface area contributed by atoms with Crippen LogP contribution in [0.15, 0.2) is 18.2 Å². The van der Waals surface area contributed by atoms with Crippen molar-refractivity contribution in [3.63, 3.8) is 0 Å². The van der Waals surface area contributed by atoms with Crippen LogP contribution in [0.25, 0.3) is 0 Å². The molecule has 2 unspecified atom stereocenters. The van der Waals surface area contributed by atoms with E-state index in [4.69, 9.17) is 0 Å². The van der Waals surface area contributed by atoms with Crippen molar-refractivity contribution in [3.05, 3.63) is 34.9 Å². The minimum Gasteiger partial charge on any atom is -0.312 e. The normalized spacial score (nSPS) is 22.3. The van der Waals surface area contributed by atoms with Gasteiger partial charge in [0.25, 0.3) is 0 Å². The van der Waals surface area contributed by atoms with E-state index in [0.29, 0.717) is 6.04 Å². The summed E-state index contributed by atoms with van der Waals surface area (Å²) in [6, 6.07) is 7.96. The molecule has 18 heavy (non-hydrogen) atoms. The maximum atomic E-state index is 3.49. The summed E-state index contributed by atoms with van der Waals surface area (Å²) in [4.78, 5) is 2.61. The molecule has 1 heterocycles. The molecule has 2 nitrogen and oxygen atoms in total. The lowest BCUT2D eigenvalue weighted by atomic mass is 9.98. The molecular weight excluding hydrogens is 220 g/mol. The van der Waals surface area contributed by atoms with E-state index >= 15 is 0 Å². The van der Waals surface area contributed by atoms with Crippen molar-refractivity contribution >= 4 is 0 Å². The first-order chi connectivity index (χ1) is 8.61. The molecule has 0 saturated carbocycles. The molecule has 2 heteroatoms. The minimum absolute atomic E-state index is 0.449. The number of benzene rings is 1. The average molecular weight is 246 g/mol. The molecule has 100 valence electrons. The Bertz CT molecular complexity index is 400. The highest BCUT2D eigenvalue weighted by Crippen LogP contribution is 2.24. The highest BCUT2D eigenvalue weighted by molar-refractivity contribution is 5.33. The van der Waals surface area contributed by atoms with E-state index in [0.717, 1.165) is 12.6 Å². The summed E-state index contributed by atoms with van der Waals surface area (Å²) in [5.74, 6) is 0. The zero-order valence-corrected chi connectivity index (χ0v) is 12.2. The van der Waals surface area contributed by atoms with Crippen molar-refractivity contribution in [2.75, 3.05) is 20.1 Å². The van der Waals surface area contributed by atoms with Crippen LogP contribution in [-0.4, -0.2) is 31.1 Å². The van der Waals surface area contributed by atoms with Crippen molar-refractivity contribution in [1.82, 2.24) is 10.2 Å². The van der Waals surface area contributed by atoms with Gasteiger partial charge < -0.3 is 5.32 Å². The van der Waals surface area contributed by atoms with E-state index in [1.54, 1.807) is 0 Å². The van der Waals surface area contributed by atoms with Crippen LogP contribution in [0.2, 0.25) is 0 Å². The standard InChI is InChI=1S/C16H26N2/c1-12-7-8-13(2)15(10-12)16(17-4)11-18-9-5-6-14(18)3/h7-8,10,14,16-17H,5-6,9,11H2,1-4H3. The van der Waals surface area contributed by atoms with E-state index < -0.39 is 0 Å². The van der Waals surface area contributed by atoms with Gasteiger partial charge >= 0.3 is 0 Å². The van der Waals surface area contributed by atoms with E-state index in [9.17, 15) is 0 Å². The van der Waals surface area contributed by atoms with Gasteiger partial charge in [-0.3, -0.25) is 4.90 Å². The SMILES string of the molecule is CNC(CN1CCCC1C)c1cc(C)ccc1C. The van der Waals surface area contributed by atoms with Crippen LogP contribution in [0.4, 0.5) is 0 Å². The third kappa shape index (κ3) is 2.93. The Hall–Kier alpha value is -0.860. The Labute approximate surface area is 111 Å². The molecule has 0 spiro atoms. The molecule has 2 atom stereocenters. The number of aryl methyl sites for hydroxylation is 2. The summed E-state index contributed by atoms with van der Waals surface area (Å²) >= 11 is 0. The number of hydrogen-bond acceptors (Lipinski definition) is 2. The first-order valence-corrected chi connectivity index (χ1v) is 7.10. The molecule has 1 aromatic rings. The smallest absolute Gasteiger partial charge is 0.0449 e. The fourth-order valence-electron chi connectivity index (χ4n) is 2.98. The van der Waals surface area contributed by atoms with Gasteiger partial charge in [0.1, 0.15) is 0 Å². The van der Waals surface area contributed by atoms with Crippen LogP contribution >= 0.6 is 0 Å². The fourth-order valence-corrected chi connectivity index (χ4v) is 2.98. The summed E-state index contributed by atoms with van der Waals surface area (Å²) < 4.78 is 0. The molecule has 1 N–H and O–H groups in total. The number of nitrogens with zero attached hydrogens (tertiary/aromatic N) is 1. The maximum absolute atomic E-state index is 3.49. The molecule has 1 aromatic carbocycles. The topological polar surface area (TPSA) is 15.3 Å². The van der Waals surface area contributed by atoms with Gasteiger partial charge in [-0.1, -0.05) is 23.8 Å². The predicted molar refractivity (Wildman–Crippen MR) is 78.0 cm³/mol. The highest BCUT2D eigenvalue weighted by atomic mass is 15.2. The fraction of sp³-hybridized carbons (Fsp3) is 0.625. The van der Waals surface area contributed by atoms with Crippen LogP contribution < -0.4 is 5.32 Å². The maximum Gasteiger partial charge on any atom is 0.0449 e. The van der Waals surface area contributed by atoms with Crippen molar-refractivity contribution in [1.29, 1.82) is 0 Å². The lowest BCUT2D eigenvalue weighted by molar-refractivity contribution is 0.241. The molecule has 1 aliphatic rings. The predicted octanol–water partition coefficient (Wildman–Crippen LogP) is 3.05. The van der Waals surface area contributed by atoms with Crippen molar-refractivity contribution in [3.8, 4) is 0 Å². The number of rotatable bonds is 4. The number of nitrogens with one attached hydrogen (secondary N) is 1.